The molecule has 0 fully saturated rings. The Morgan fingerprint density at radius 1 is 0.810 bits per heavy atom. The standard InChI is InChI=1S/C14H7Cl2FN4/c15-11-10(8-4-1-2-5-9(8)17)12(16)21-14(20-11)13-18-6-3-7-19-13/h1-7H. The average molecular weight is 321 g/mol. The van der Waals surface area contributed by atoms with Crippen LogP contribution in [0.15, 0.2) is 42.7 Å². The smallest absolute Gasteiger partial charge is 0.200 e. The van der Waals surface area contributed by atoms with Crippen LogP contribution >= 0.6 is 23.2 Å². The van der Waals surface area contributed by atoms with Gasteiger partial charge in [0.05, 0.1) is 5.56 Å². The van der Waals surface area contributed by atoms with Crippen LogP contribution in [0, 0.1) is 5.82 Å². The predicted molar refractivity (Wildman–Crippen MR) is 78.5 cm³/mol. The van der Waals surface area contributed by atoms with E-state index in [0.717, 1.165) is 0 Å². The van der Waals surface area contributed by atoms with Crippen LogP contribution in [0.2, 0.25) is 10.3 Å². The SMILES string of the molecule is Fc1ccccc1-c1c(Cl)nc(-c2ncccn2)nc1Cl. The summed E-state index contributed by atoms with van der Waals surface area (Å²) in [4.78, 5) is 16.2. The van der Waals surface area contributed by atoms with Crippen molar-refractivity contribution < 1.29 is 4.39 Å². The molecule has 0 atom stereocenters. The number of benzene rings is 1. The van der Waals surface area contributed by atoms with Gasteiger partial charge in [0.25, 0.3) is 0 Å². The molecule has 0 aliphatic heterocycles. The van der Waals surface area contributed by atoms with Gasteiger partial charge in [0.2, 0.25) is 5.82 Å². The molecule has 0 bridgehead atoms. The highest BCUT2D eigenvalue weighted by molar-refractivity contribution is 6.37. The van der Waals surface area contributed by atoms with Gasteiger partial charge in [0, 0.05) is 18.0 Å². The van der Waals surface area contributed by atoms with Gasteiger partial charge in [0.1, 0.15) is 16.1 Å². The highest BCUT2D eigenvalue weighted by atomic mass is 35.5. The first kappa shape index (κ1) is 13.9. The van der Waals surface area contributed by atoms with Gasteiger partial charge in [-0.3, -0.25) is 0 Å². The zero-order valence-corrected chi connectivity index (χ0v) is 12.0. The highest BCUT2D eigenvalue weighted by Crippen LogP contribution is 2.34. The molecule has 104 valence electrons. The van der Waals surface area contributed by atoms with Crippen molar-refractivity contribution >= 4 is 23.2 Å². The topological polar surface area (TPSA) is 51.6 Å². The lowest BCUT2D eigenvalue weighted by atomic mass is 10.1. The van der Waals surface area contributed by atoms with Gasteiger partial charge in [0.15, 0.2) is 5.82 Å². The van der Waals surface area contributed by atoms with E-state index >= 15 is 0 Å². The van der Waals surface area contributed by atoms with Crippen LogP contribution in [-0.2, 0) is 0 Å². The lowest BCUT2D eigenvalue weighted by Crippen LogP contribution is -1.98. The van der Waals surface area contributed by atoms with Gasteiger partial charge in [-0.2, -0.15) is 0 Å². The minimum Gasteiger partial charge on any atom is -0.234 e. The van der Waals surface area contributed by atoms with Crippen LogP contribution < -0.4 is 0 Å². The van der Waals surface area contributed by atoms with Crippen molar-refractivity contribution in [3.8, 4) is 22.8 Å². The number of halogens is 3. The molecule has 2 aromatic heterocycles. The zero-order valence-electron chi connectivity index (χ0n) is 10.5. The summed E-state index contributed by atoms with van der Waals surface area (Å²) in [6.45, 7) is 0. The van der Waals surface area contributed by atoms with E-state index in [2.05, 4.69) is 19.9 Å². The van der Waals surface area contributed by atoms with Gasteiger partial charge < -0.3 is 0 Å². The maximum Gasteiger partial charge on any atom is 0.200 e. The second-order valence-electron chi connectivity index (χ2n) is 4.06. The number of hydrogen-bond acceptors (Lipinski definition) is 4. The number of aromatic nitrogens is 4. The molecule has 0 amide bonds. The molecule has 2 heterocycles. The summed E-state index contributed by atoms with van der Waals surface area (Å²) in [6, 6.07) is 7.80. The third-order valence-corrected chi connectivity index (χ3v) is 3.28. The minimum atomic E-state index is -0.450. The van der Waals surface area contributed by atoms with Gasteiger partial charge in [-0.25, -0.2) is 24.3 Å². The maximum atomic E-state index is 13.9. The van der Waals surface area contributed by atoms with E-state index in [4.69, 9.17) is 23.2 Å². The Morgan fingerprint density at radius 2 is 1.43 bits per heavy atom. The molecule has 0 unspecified atom stereocenters. The summed E-state index contributed by atoms with van der Waals surface area (Å²) in [5.41, 5.74) is 0.490. The normalized spacial score (nSPS) is 10.6. The lowest BCUT2D eigenvalue weighted by molar-refractivity contribution is 0.631. The Bertz CT molecular complexity index is 773. The quantitative estimate of drug-likeness (QED) is 0.668. The Balaban J connectivity index is 2.16. The molecule has 0 aliphatic carbocycles. The molecule has 0 N–H and O–H groups in total. The van der Waals surface area contributed by atoms with Crippen molar-refractivity contribution in [1.82, 2.24) is 19.9 Å². The molecule has 0 radical (unpaired) electrons. The monoisotopic (exact) mass is 320 g/mol. The molecule has 0 saturated heterocycles. The molecule has 21 heavy (non-hydrogen) atoms. The fraction of sp³-hybridized carbons (Fsp3) is 0. The van der Waals surface area contributed by atoms with Crippen LogP contribution in [0.3, 0.4) is 0 Å². The van der Waals surface area contributed by atoms with Crippen molar-refractivity contribution in [3.05, 3.63) is 58.8 Å². The fourth-order valence-electron chi connectivity index (χ4n) is 1.81. The fourth-order valence-corrected chi connectivity index (χ4v) is 2.40. The Kier molecular flexibility index (Phi) is 3.77. The van der Waals surface area contributed by atoms with E-state index in [1.807, 2.05) is 0 Å². The van der Waals surface area contributed by atoms with Crippen molar-refractivity contribution in [2.75, 3.05) is 0 Å². The molecular weight excluding hydrogens is 314 g/mol. The van der Waals surface area contributed by atoms with Gasteiger partial charge in [-0.05, 0) is 12.1 Å². The third-order valence-electron chi connectivity index (χ3n) is 2.73. The van der Waals surface area contributed by atoms with E-state index in [0.29, 0.717) is 5.82 Å². The largest absolute Gasteiger partial charge is 0.234 e. The van der Waals surface area contributed by atoms with Crippen molar-refractivity contribution in [2.24, 2.45) is 0 Å². The van der Waals surface area contributed by atoms with Crippen molar-refractivity contribution in [1.29, 1.82) is 0 Å². The van der Waals surface area contributed by atoms with E-state index in [9.17, 15) is 4.39 Å². The van der Waals surface area contributed by atoms with Gasteiger partial charge >= 0.3 is 0 Å². The predicted octanol–water partition coefficient (Wildman–Crippen LogP) is 4.05. The first-order valence-corrected chi connectivity index (χ1v) is 6.67. The van der Waals surface area contributed by atoms with Gasteiger partial charge in [-0.1, -0.05) is 41.4 Å². The molecule has 7 heteroatoms. The summed E-state index contributed by atoms with van der Waals surface area (Å²) >= 11 is 12.3. The summed E-state index contributed by atoms with van der Waals surface area (Å²) < 4.78 is 13.9. The number of rotatable bonds is 2. The first-order valence-electron chi connectivity index (χ1n) is 5.92. The first-order chi connectivity index (χ1) is 10.2. The Morgan fingerprint density at radius 3 is 2.05 bits per heavy atom. The van der Waals surface area contributed by atoms with Crippen LogP contribution in [0.1, 0.15) is 0 Å². The molecule has 3 rings (SSSR count). The summed E-state index contributed by atoms with van der Waals surface area (Å²) in [5.74, 6) is 0.0284. The zero-order chi connectivity index (χ0) is 14.8. The second kappa shape index (κ2) is 5.71. The number of nitrogens with zero attached hydrogens (tertiary/aromatic N) is 4. The highest BCUT2D eigenvalue weighted by Gasteiger charge is 2.18. The maximum absolute atomic E-state index is 13.9. The Hall–Kier alpha value is -2.11. The molecule has 0 saturated carbocycles. The lowest BCUT2D eigenvalue weighted by Gasteiger charge is -2.08. The van der Waals surface area contributed by atoms with Gasteiger partial charge in [-0.15, -0.1) is 0 Å². The van der Waals surface area contributed by atoms with Crippen molar-refractivity contribution in [3.63, 3.8) is 0 Å². The minimum absolute atomic E-state index is 0.0440. The molecular formula is C14H7Cl2FN4. The molecule has 4 nitrogen and oxygen atoms in total. The van der Waals surface area contributed by atoms with Crippen molar-refractivity contribution in [2.45, 2.75) is 0 Å². The molecule has 0 spiro atoms. The van der Waals surface area contributed by atoms with Crippen LogP contribution in [0.4, 0.5) is 4.39 Å². The summed E-state index contributed by atoms with van der Waals surface area (Å²) in [6.07, 6.45) is 3.11. The number of hydrogen-bond donors (Lipinski definition) is 0. The van der Waals surface area contributed by atoms with E-state index in [1.54, 1.807) is 36.7 Å². The van der Waals surface area contributed by atoms with E-state index < -0.39 is 5.82 Å². The van der Waals surface area contributed by atoms with E-state index in [-0.39, 0.29) is 27.3 Å². The molecule has 3 aromatic rings. The van der Waals surface area contributed by atoms with Crippen LogP contribution in [0.25, 0.3) is 22.8 Å². The average Bonchev–Trinajstić information content (AvgIpc) is 2.49. The van der Waals surface area contributed by atoms with Crippen LogP contribution in [0.5, 0.6) is 0 Å². The molecule has 1 aromatic carbocycles. The second-order valence-corrected chi connectivity index (χ2v) is 4.77. The summed E-state index contributed by atoms with van der Waals surface area (Å²) in [7, 11) is 0. The van der Waals surface area contributed by atoms with Crippen LogP contribution in [-0.4, -0.2) is 19.9 Å². The molecule has 0 aliphatic rings. The Labute approximate surface area is 129 Å². The summed E-state index contributed by atoms with van der Waals surface area (Å²) in [5, 5.41) is 0.0881. The third kappa shape index (κ3) is 2.70. The van der Waals surface area contributed by atoms with E-state index in [1.165, 1.54) is 6.07 Å².